The monoisotopic (exact) mass is 278 g/mol. The second-order valence-electron chi connectivity index (χ2n) is 4.69. The molecule has 2 rings (SSSR count). The van der Waals surface area contributed by atoms with E-state index in [0.717, 1.165) is 13.0 Å². The van der Waals surface area contributed by atoms with Crippen molar-refractivity contribution in [2.24, 2.45) is 5.92 Å². The predicted octanol–water partition coefficient (Wildman–Crippen LogP) is 0.602. The van der Waals surface area contributed by atoms with E-state index in [0.29, 0.717) is 13.0 Å². The van der Waals surface area contributed by atoms with Crippen LogP contribution in [-0.2, 0) is 11.3 Å². The van der Waals surface area contributed by atoms with Crippen molar-refractivity contribution in [2.75, 3.05) is 6.54 Å². The molecule has 3 N–H and O–H groups in total. The van der Waals surface area contributed by atoms with Gasteiger partial charge in [-0.3, -0.25) is 9.48 Å². The van der Waals surface area contributed by atoms with E-state index in [9.17, 15) is 9.59 Å². The first kappa shape index (κ1) is 14.1. The van der Waals surface area contributed by atoms with Crippen molar-refractivity contribution < 1.29 is 14.7 Å². The fraction of sp³-hybridized carbons (Fsp3) is 0.462. The standard InChI is InChI=1S/C13H18N4O3/c18-12(19)10-3-4-11(9-10)16-13(20)14-5-1-7-17-8-2-6-15-17/h2-4,6,8,10-11H,1,5,7,9H2,(H,18,19)(H2,14,16,20). The number of aryl methyl sites for hydroxylation is 1. The smallest absolute Gasteiger partial charge is 0.315 e. The van der Waals surface area contributed by atoms with E-state index in [1.54, 1.807) is 23.0 Å². The third-order valence-electron chi connectivity index (χ3n) is 3.13. The second kappa shape index (κ2) is 6.74. The summed E-state index contributed by atoms with van der Waals surface area (Å²) in [6.07, 6.45) is 8.12. The van der Waals surface area contributed by atoms with Gasteiger partial charge >= 0.3 is 12.0 Å². The van der Waals surface area contributed by atoms with Gasteiger partial charge in [-0.05, 0) is 18.9 Å². The summed E-state index contributed by atoms with van der Waals surface area (Å²) in [5, 5.41) is 18.4. The molecule has 7 heteroatoms. The summed E-state index contributed by atoms with van der Waals surface area (Å²) < 4.78 is 1.80. The Kier molecular flexibility index (Phi) is 4.75. The third kappa shape index (κ3) is 4.11. The van der Waals surface area contributed by atoms with Gasteiger partial charge in [0.15, 0.2) is 0 Å². The molecule has 0 radical (unpaired) electrons. The van der Waals surface area contributed by atoms with Gasteiger partial charge < -0.3 is 15.7 Å². The van der Waals surface area contributed by atoms with Crippen molar-refractivity contribution in [2.45, 2.75) is 25.4 Å². The van der Waals surface area contributed by atoms with Crippen molar-refractivity contribution in [1.29, 1.82) is 0 Å². The zero-order valence-corrected chi connectivity index (χ0v) is 11.0. The number of aliphatic carboxylic acids is 1. The fourth-order valence-electron chi connectivity index (χ4n) is 2.08. The number of carboxylic acid groups (broad SMARTS) is 1. The average molecular weight is 278 g/mol. The van der Waals surface area contributed by atoms with Crippen molar-refractivity contribution in [3.05, 3.63) is 30.6 Å². The molecule has 0 saturated heterocycles. The van der Waals surface area contributed by atoms with Crippen molar-refractivity contribution in [1.82, 2.24) is 20.4 Å². The van der Waals surface area contributed by atoms with E-state index >= 15 is 0 Å². The summed E-state index contributed by atoms with van der Waals surface area (Å²) in [6.45, 7) is 1.29. The number of carboxylic acids is 1. The Bertz CT molecular complexity index is 484. The molecule has 1 aliphatic carbocycles. The maximum absolute atomic E-state index is 11.6. The summed E-state index contributed by atoms with van der Waals surface area (Å²) in [7, 11) is 0. The normalized spacial score (nSPS) is 20.8. The number of hydrogen-bond donors (Lipinski definition) is 3. The summed E-state index contributed by atoms with van der Waals surface area (Å²) in [6, 6.07) is 1.37. The highest BCUT2D eigenvalue weighted by atomic mass is 16.4. The first-order valence-corrected chi connectivity index (χ1v) is 6.58. The molecule has 7 nitrogen and oxygen atoms in total. The minimum Gasteiger partial charge on any atom is -0.481 e. The first-order chi connectivity index (χ1) is 9.65. The minimum atomic E-state index is -0.856. The molecule has 0 aliphatic heterocycles. The number of hydrogen-bond acceptors (Lipinski definition) is 3. The summed E-state index contributed by atoms with van der Waals surface area (Å²) in [5.41, 5.74) is 0. The molecule has 0 bridgehead atoms. The lowest BCUT2D eigenvalue weighted by Gasteiger charge is -2.13. The van der Waals surface area contributed by atoms with Crippen LogP contribution in [0.3, 0.4) is 0 Å². The highest BCUT2D eigenvalue weighted by Gasteiger charge is 2.25. The van der Waals surface area contributed by atoms with Crippen LogP contribution in [0.2, 0.25) is 0 Å². The van der Waals surface area contributed by atoms with Crippen LogP contribution in [0.4, 0.5) is 4.79 Å². The van der Waals surface area contributed by atoms with Gasteiger partial charge in [0, 0.05) is 25.5 Å². The molecule has 0 spiro atoms. The molecule has 1 aliphatic rings. The van der Waals surface area contributed by atoms with E-state index in [4.69, 9.17) is 5.11 Å². The molecule has 2 unspecified atom stereocenters. The average Bonchev–Trinajstić information content (AvgIpc) is 3.05. The van der Waals surface area contributed by atoms with Crippen LogP contribution in [0, 0.1) is 5.92 Å². The Hall–Kier alpha value is -2.31. The molecular formula is C13H18N4O3. The zero-order valence-electron chi connectivity index (χ0n) is 11.0. The molecule has 2 atom stereocenters. The number of urea groups is 1. The van der Waals surface area contributed by atoms with Crippen LogP contribution in [-0.4, -0.2) is 39.5 Å². The number of rotatable bonds is 6. The Balaban J connectivity index is 1.59. The number of carbonyl (C=O) groups excluding carboxylic acids is 1. The van der Waals surface area contributed by atoms with Gasteiger partial charge in [-0.25, -0.2) is 4.79 Å². The molecule has 20 heavy (non-hydrogen) atoms. The number of nitrogens with zero attached hydrogens (tertiary/aromatic N) is 2. The van der Waals surface area contributed by atoms with Gasteiger partial charge in [-0.15, -0.1) is 0 Å². The SMILES string of the molecule is O=C(NCCCn1cccn1)NC1C=CC(C(=O)O)C1. The van der Waals surface area contributed by atoms with Crippen LogP contribution in [0.25, 0.3) is 0 Å². The van der Waals surface area contributed by atoms with E-state index < -0.39 is 11.9 Å². The Morgan fingerprint density at radius 3 is 2.90 bits per heavy atom. The zero-order chi connectivity index (χ0) is 14.4. The van der Waals surface area contributed by atoms with Crippen molar-refractivity contribution in [3.63, 3.8) is 0 Å². The molecule has 1 aromatic rings. The van der Waals surface area contributed by atoms with Crippen LogP contribution in [0.15, 0.2) is 30.6 Å². The highest BCUT2D eigenvalue weighted by Crippen LogP contribution is 2.17. The quantitative estimate of drug-likeness (QED) is 0.524. The molecule has 108 valence electrons. The maximum Gasteiger partial charge on any atom is 0.315 e. The van der Waals surface area contributed by atoms with Crippen molar-refractivity contribution in [3.8, 4) is 0 Å². The van der Waals surface area contributed by atoms with Gasteiger partial charge in [-0.2, -0.15) is 5.10 Å². The number of nitrogens with one attached hydrogen (secondary N) is 2. The summed E-state index contributed by atoms with van der Waals surface area (Å²) in [5.74, 6) is -1.36. The van der Waals surface area contributed by atoms with E-state index in [-0.39, 0.29) is 12.1 Å². The van der Waals surface area contributed by atoms with Gasteiger partial charge in [0.2, 0.25) is 0 Å². The molecule has 0 aromatic carbocycles. The molecular weight excluding hydrogens is 260 g/mol. The highest BCUT2D eigenvalue weighted by molar-refractivity contribution is 5.76. The minimum absolute atomic E-state index is 0.206. The van der Waals surface area contributed by atoms with Gasteiger partial charge in [-0.1, -0.05) is 12.2 Å². The number of amides is 2. The van der Waals surface area contributed by atoms with Gasteiger partial charge in [0.25, 0.3) is 0 Å². The maximum atomic E-state index is 11.6. The fourth-order valence-corrected chi connectivity index (χ4v) is 2.08. The Morgan fingerprint density at radius 1 is 1.40 bits per heavy atom. The van der Waals surface area contributed by atoms with Crippen LogP contribution >= 0.6 is 0 Å². The Labute approximate surface area is 116 Å². The van der Waals surface area contributed by atoms with Gasteiger partial charge in [0.05, 0.1) is 12.0 Å². The lowest BCUT2D eigenvalue weighted by Crippen LogP contribution is -2.41. The van der Waals surface area contributed by atoms with Gasteiger partial charge in [0.1, 0.15) is 0 Å². The summed E-state index contributed by atoms with van der Waals surface area (Å²) >= 11 is 0. The molecule has 1 aromatic heterocycles. The number of aromatic nitrogens is 2. The van der Waals surface area contributed by atoms with Crippen LogP contribution < -0.4 is 10.6 Å². The topological polar surface area (TPSA) is 96.3 Å². The van der Waals surface area contributed by atoms with E-state index in [2.05, 4.69) is 15.7 Å². The third-order valence-corrected chi connectivity index (χ3v) is 3.13. The Morgan fingerprint density at radius 2 is 2.25 bits per heavy atom. The van der Waals surface area contributed by atoms with Crippen LogP contribution in [0.5, 0.6) is 0 Å². The first-order valence-electron chi connectivity index (χ1n) is 6.58. The van der Waals surface area contributed by atoms with Crippen LogP contribution in [0.1, 0.15) is 12.8 Å². The molecule has 2 amide bonds. The molecule has 1 heterocycles. The van der Waals surface area contributed by atoms with Crippen molar-refractivity contribution >= 4 is 12.0 Å². The lowest BCUT2D eigenvalue weighted by molar-refractivity contribution is -0.140. The second-order valence-corrected chi connectivity index (χ2v) is 4.69. The lowest BCUT2D eigenvalue weighted by atomic mass is 10.1. The number of carbonyl (C=O) groups is 2. The van der Waals surface area contributed by atoms with E-state index in [1.807, 2.05) is 12.3 Å². The van der Waals surface area contributed by atoms with E-state index in [1.165, 1.54) is 0 Å². The molecule has 0 saturated carbocycles. The molecule has 0 fully saturated rings. The predicted molar refractivity (Wildman–Crippen MR) is 72.0 cm³/mol. The summed E-state index contributed by atoms with van der Waals surface area (Å²) in [4.78, 5) is 22.4. The largest absolute Gasteiger partial charge is 0.481 e.